The fourth-order valence-electron chi connectivity index (χ4n) is 1.87. The van der Waals surface area contributed by atoms with Gasteiger partial charge >= 0.3 is 5.97 Å². The second kappa shape index (κ2) is 5.89. The van der Waals surface area contributed by atoms with Crippen LogP contribution in [0.25, 0.3) is 0 Å². The van der Waals surface area contributed by atoms with Gasteiger partial charge in [-0.3, -0.25) is 4.79 Å². The predicted octanol–water partition coefficient (Wildman–Crippen LogP) is 1.48. The molecule has 1 saturated heterocycles. The minimum absolute atomic E-state index is 0.272. The maximum absolute atomic E-state index is 10.9. The number of ether oxygens (including phenoxy) is 1. The molecule has 0 aromatic heterocycles. The first-order valence-corrected chi connectivity index (χ1v) is 6.61. The van der Waals surface area contributed by atoms with Gasteiger partial charge in [-0.1, -0.05) is 6.92 Å². The second-order valence-corrected chi connectivity index (χ2v) is 6.43. The lowest BCUT2D eigenvalue weighted by Crippen LogP contribution is -2.46. The van der Waals surface area contributed by atoms with Crippen LogP contribution in [0, 0.1) is 0 Å². The Labute approximate surface area is 101 Å². The van der Waals surface area contributed by atoms with Gasteiger partial charge in [-0.25, -0.2) is 0 Å². The van der Waals surface area contributed by atoms with Crippen molar-refractivity contribution < 1.29 is 14.6 Å². The Morgan fingerprint density at radius 2 is 2.19 bits per heavy atom. The number of hydrogen-bond donors (Lipinski definition) is 2. The summed E-state index contributed by atoms with van der Waals surface area (Å²) in [5.41, 5.74) is 4.61. The van der Waals surface area contributed by atoms with E-state index in [1.165, 1.54) is 0 Å². The number of aliphatic carboxylic acids is 1. The Kier molecular flexibility index (Phi) is 5.08. The molecular weight excluding hydrogens is 226 g/mol. The molecule has 0 amide bonds. The van der Waals surface area contributed by atoms with E-state index in [2.05, 4.69) is 0 Å². The average Bonchev–Trinajstić information content (AvgIpc) is 2.17. The van der Waals surface area contributed by atoms with Gasteiger partial charge in [-0.15, -0.1) is 0 Å². The van der Waals surface area contributed by atoms with Crippen LogP contribution >= 0.6 is 11.8 Å². The topological polar surface area (TPSA) is 72.6 Å². The van der Waals surface area contributed by atoms with Crippen LogP contribution in [0.2, 0.25) is 0 Å². The largest absolute Gasteiger partial charge is 0.480 e. The highest BCUT2D eigenvalue weighted by Gasteiger charge is 2.31. The molecule has 0 aliphatic carbocycles. The quantitative estimate of drug-likeness (QED) is 0.770. The molecular formula is C11H21NO3S. The van der Waals surface area contributed by atoms with E-state index in [-0.39, 0.29) is 5.25 Å². The molecule has 0 saturated carbocycles. The molecule has 0 aromatic rings. The first kappa shape index (κ1) is 13.8. The molecule has 0 bridgehead atoms. The summed E-state index contributed by atoms with van der Waals surface area (Å²) in [6.45, 7) is 5.27. The molecule has 4 nitrogen and oxygen atoms in total. The molecule has 1 aliphatic heterocycles. The smallest absolute Gasteiger partial charge is 0.323 e. The number of carboxylic acids is 1. The fraction of sp³-hybridized carbons (Fsp3) is 0.909. The fourth-order valence-corrected chi connectivity index (χ4v) is 3.44. The molecule has 1 rings (SSSR count). The molecule has 16 heavy (non-hydrogen) atoms. The van der Waals surface area contributed by atoms with Crippen LogP contribution in [0.5, 0.6) is 0 Å². The summed E-state index contributed by atoms with van der Waals surface area (Å²) in [7, 11) is 0. The Morgan fingerprint density at radius 3 is 2.69 bits per heavy atom. The summed E-state index contributed by atoms with van der Waals surface area (Å²) in [4.78, 5) is 10.9. The van der Waals surface area contributed by atoms with E-state index >= 15 is 0 Å². The van der Waals surface area contributed by atoms with E-state index in [1.807, 2.05) is 18.7 Å². The van der Waals surface area contributed by atoms with Crippen LogP contribution in [0.1, 0.15) is 33.1 Å². The standard InChI is InChI=1S/C11H21NO3S/c1-8(7-11(2,12)10(13)14)16-9-3-5-15-6-4-9/h8-9H,3-7,12H2,1-2H3,(H,13,14). The molecule has 0 aromatic carbocycles. The van der Waals surface area contributed by atoms with Crippen LogP contribution in [-0.4, -0.2) is 40.3 Å². The average molecular weight is 247 g/mol. The lowest BCUT2D eigenvalue weighted by molar-refractivity contribution is -0.142. The molecule has 3 N–H and O–H groups in total. The zero-order valence-electron chi connectivity index (χ0n) is 9.94. The monoisotopic (exact) mass is 247 g/mol. The minimum atomic E-state index is -1.11. The van der Waals surface area contributed by atoms with Gasteiger partial charge in [-0.2, -0.15) is 11.8 Å². The molecule has 1 fully saturated rings. The van der Waals surface area contributed by atoms with Crippen molar-refractivity contribution >= 4 is 17.7 Å². The zero-order chi connectivity index (χ0) is 12.2. The van der Waals surface area contributed by atoms with Gasteiger partial charge in [0.25, 0.3) is 0 Å². The molecule has 0 spiro atoms. The maximum Gasteiger partial charge on any atom is 0.323 e. The Balaban J connectivity index is 2.34. The summed E-state index contributed by atoms with van der Waals surface area (Å²) in [5.74, 6) is -0.924. The molecule has 5 heteroatoms. The first-order chi connectivity index (χ1) is 7.42. The Morgan fingerprint density at radius 1 is 1.62 bits per heavy atom. The number of hydrogen-bond acceptors (Lipinski definition) is 4. The van der Waals surface area contributed by atoms with Gasteiger partial charge in [0.1, 0.15) is 5.54 Å². The Hall–Kier alpha value is -0.260. The third-order valence-electron chi connectivity index (χ3n) is 2.79. The van der Waals surface area contributed by atoms with E-state index in [0.29, 0.717) is 11.7 Å². The highest BCUT2D eigenvalue weighted by atomic mass is 32.2. The summed E-state index contributed by atoms with van der Waals surface area (Å²) in [6, 6.07) is 0. The van der Waals surface area contributed by atoms with Crippen LogP contribution in [0.15, 0.2) is 0 Å². The van der Waals surface area contributed by atoms with Crippen molar-refractivity contribution in [2.24, 2.45) is 5.73 Å². The van der Waals surface area contributed by atoms with Gasteiger partial charge in [-0.05, 0) is 26.2 Å². The first-order valence-electron chi connectivity index (χ1n) is 5.67. The van der Waals surface area contributed by atoms with E-state index in [0.717, 1.165) is 26.1 Å². The van der Waals surface area contributed by atoms with Crippen molar-refractivity contribution in [2.45, 2.75) is 49.1 Å². The van der Waals surface area contributed by atoms with Crippen molar-refractivity contribution in [3.8, 4) is 0 Å². The van der Waals surface area contributed by atoms with Crippen LogP contribution in [0.4, 0.5) is 0 Å². The van der Waals surface area contributed by atoms with Crippen LogP contribution < -0.4 is 5.73 Å². The summed E-state index contributed by atoms with van der Waals surface area (Å²) in [5, 5.41) is 9.81. The zero-order valence-corrected chi connectivity index (χ0v) is 10.8. The van der Waals surface area contributed by atoms with E-state index in [1.54, 1.807) is 6.92 Å². The summed E-state index contributed by atoms with van der Waals surface area (Å²) in [6.07, 6.45) is 2.62. The van der Waals surface area contributed by atoms with Crippen molar-refractivity contribution in [1.29, 1.82) is 0 Å². The van der Waals surface area contributed by atoms with E-state index in [9.17, 15) is 4.79 Å². The third kappa shape index (κ3) is 4.31. The van der Waals surface area contributed by atoms with Gasteiger partial charge in [0.15, 0.2) is 0 Å². The SMILES string of the molecule is CC(CC(C)(N)C(=O)O)SC1CCOCC1. The molecule has 1 heterocycles. The van der Waals surface area contributed by atoms with Crippen molar-refractivity contribution in [3.05, 3.63) is 0 Å². The van der Waals surface area contributed by atoms with Crippen LogP contribution in [-0.2, 0) is 9.53 Å². The number of thioether (sulfide) groups is 1. The molecule has 2 atom stereocenters. The Bertz CT molecular complexity index is 239. The summed E-state index contributed by atoms with van der Waals surface area (Å²) >= 11 is 1.84. The number of rotatable bonds is 5. The van der Waals surface area contributed by atoms with Crippen molar-refractivity contribution in [2.75, 3.05) is 13.2 Å². The van der Waals surface area contributed by atoms with Crippen LogP contribution in [0.3, 0.4) is 0 Å². The lowest BCUT2D eigenvalue weighted by atomic mass is 9.98. The third-order valence-corrected chi connectivity index (χ3v) is 4.28. The van der Waals surface area contributed by atoms with Gasteiger partial charge in [0.05, 0.1) is 0 Å². The second-order valence-electron chi connectivity index (χ2n) is 4.69. The van der Waals surface area contributed by atoms with Crippen molar-refractivity contribution in [1.82, 2.24) is 0 Å². The number of carbonyl (C=O) groups is 1. The lowest BCUT2D eigenvalue weighted by Gasteiger charge is -2.28. The molecule has 1 aliphatic rings. The summed E-state index contributed by atoms with van der Waals surface area (Å²) < 4.78 is 5.29. The molecule has 2 unspecified atom stereocenters. The highest BCUT2D eigenvalue weighted by Crippen LogP contribution is 2.29. The van der Waals surface area contributed by atoms with E-state index in [4.69, 9.17) is 15.6 Å². The van der Waals surface area contributed by atoms with Gasteiger partial charge in [0.2, 0.25) is 0 Å². The normalized spacial score (nSPS) is 23.7. The highest BCUT2D eigenvalue weighted by molar-refractivity contribution is 8.00. The number of carboxylic acid groups (broad SMARTS) is 1. The molecule has 94 valence electrons. The minimum Gasteiger partial charge on any atom is -0.480 e. The molecule has 0 radical (unpaired) electrons. The van der Waals surface area contributed by atoms with Gasteiger partial charge in [0, 0.05) is 23.7 Å². The number of nitrogens with two attached hydrogens (primary N) is 1. The maximum atomic E-state index is 10.9. The van der Waals surface area contributed by atoms with Crippen molar-refractivity contribution in [3.63, 3.8) is 0 Å². The predicted molar refractivity (Wildman–Crippen MR) is 65.7 cm³/mol. The van der Waals surface area contributed by atoms with E-state index < -0.39 is 11.5 Å². The van der Waals surface area contributed by atoms with Gasteiger partial charge < -0.3 is 15.6 Å².